The molecule has 11 rings (SSSR count). The number of nitrogens with zero attached hydrogens (tertiary/aromatic N) is 11. The number of hydrogen-bond acceptors (Lipinski definition) is 44. The third kappa shape index (κ3) is 16.1. The average Bonchev–Trinajstić information content (AvgIpc) is 1.62. The first kappa shape index (κ1) is 75.6. The van der Waals surface area contributed by atoms with Gasteiger partial charge >= 0.3 is 5.69 Å². The lowest BCUT2D eigenvalue weighted by molar-refractivity contribution is -0.253. The van der Waals surface area contributed by atoms with Gasteiger partial charge in [0, 0.05) is 34.6 Å². The maximum Gasteiger partial charge on any atom is 0.351 e. The lowest BCUT2D eigenvalue weighted by atomic mass is 10.1. The van der Waals surface area contributed by atoms with Crippen LogP contribution in [0.4, 0.5) is 35.2 Å². The number of anilines is 6. The van der Waals surface area contributed by atoms with Crippen molar-refractivity contribution in [2.75, 3.05) is 94.2 Å². The molecule has 0 radical (unpaired) electrons. The van der Waals surface area contributed by atoms with Crippen molar-refractivity contribution in [2.24, 2.45) is 0 Å². The summed E-state index contributed by atoms with van der Waals surface area (Å²) >= 11 is 0. The monoisotopic (exact) mass is 1530 g/mol. The zero-order valence-corrected chi connectivity index (χ0v) is 57.2. The Balaban J connectivity index is 0.805. The molecule has 6 aromatic heterocycles. The zero-order chi connectivity index (χ0) is 73.3. The van der Waals surface area contributed by atoms with E-state index in [0.29, 0.717) is 0 Å². The minimum atomic E-state index is -6.70. The van der Waals surface area contributed by atoms with E-state index in [2.05, 4.69) is 53.5 Å². The van der Waals surface area contributed by atoms with Crippen molar-refractivity contribution in [3.05, 3.63) is 66.5 Å². The van der Waals surface area contributed by atoms with E-state index in [1.165, 1.54) is 22.9 Å². The van der Waals surface area contributed by atoms with Crippen molar-refractivity contribution in [2.45, 2.75) is 118 Å². The Morgan fingerprint density at radius 2 is 0.970 bits per heavy atom. The van der Waals surface area contributed by atoms with E-state index in [1.807, 2.05) is 0 Å². The Morgan fingerprint density at radius 3 is 1.44 bits per heavy atom. The molecule has 0 saturated carbocycles. The summed E-state index contributed by atoms with van der Waals surface area (Å²) < 4.78 is 156. The van der Waals surface area contributed by atoms with Crippen molar-refractivity contribution in [3.8, 4) is 0 Å². The number of aliphatic hydroxyl groups is 2. The summed E-state index contributed by atoms with van der Waals surface area (Å²) in [6, 6.07) is 1.22. The number of fused-ring (bicyclic) bond motifs is 3. The molecule has 5 aliphatic heterocycles. The summed E-state index contributed by atoms with van der Waals surface area (Å²) in [6.07, 6.45) is -25.1. The van der Waals surface area contributed by atoms with Gasteiger partial charge in [0.05, 0.1) is 51.9 Å². The number of hydrogen-bond donors (Lipinski definition) is 9. The molecule has 4 saturated heterocycles. The number of imidazole rings is 2. The number of methoxy groups -OCH3 is 3. The second-order valence-corrected chi connectivity index (χ2v) is 30.0. The summed E-state index contributed by atoms with van der Waals surface area (Å²) in [5, 5.41) is 22.5. The van der Waals surface area contributed by atoms with Crippen molar-refractivity contribution in [1.82, 2.24) is 58.6 Å². The molecule has 9 unspecified atom stereocenters. The van der Waals surface area contributed by atoms with Crippen LogP contribution in [0.15, 0.2) is 44.1 Å². The van der Waals surface area contributed by atoms with Gasteiger partial charge < -0.3 is 132 Å². The molecular weight excluding hydrogens is 1470 g/mol. The highest BCUT2D eigenvalue weighted by Gasteiger charge is 2.54. The largest absolute Gasteiger partial charge is 0.756 e. The number of aromatic nitrogens is 12. The average molecular weight is 1530 g/mol. The number of aliphatic hydroxyl groups excluding tert-OH is 2. The molecule has 0 spiro atoms. The number of rotatable bonds is 29. The number of H-pyrrole nitrogens is 3. The van der Waals surface area contributed by atoms with Gasteiger partial charge in [0.1, 0.15) is 84.8 Å². The zero-order valence-electron chi connectivity index (χ0n) is 52.8. The molecule has 101 heavy (non-hydrogen) atoms. The number of ether oxygens (including phenoxy) is 8. The van der Waals surface area contributed by atoms with Crippen molar-refractivity contribution >= 4 is 96.6 Å². The van der Waals surface area contributed by atoms with Crippen LogP contribution in [-0.4, -0.2) is 216 Å². The van der Waals surface area contributed by atoms with Crippen LogP contribution in [-0.2, 0) is 96.5 Å². The highest BCUT2D eigenvalue weighted by Crippen LogP contribution is 2.63. The van der Waals surface area contributed by atoms with Crippen LogP contribution in [0.25, 0.3) is 22.3 Å². The van der Waals surface area contributed by atoms with Crippen LogP contribution in [0.2, 0.25) is 0 Å². The first-order chi connectivity index (χ1) is 47.4. The van der Waals surface area contributed by atoms with Crippen LogP contribution in [0, 0.1) is 0 Å². The summed E-state index contributed by atoms with van der Waals surface area (Å²) in [5.41, 5.74) is 18.3. The lowest BCUT2D eigenvalue weighted by Crippen LogP contribution is -2.46. The molecule has 0 aliphatic carbocycles. The van der Waals surface area contributed by atoms with Gasteiger partial charge in [-0.2, -0.15) is 19.9 Å². The number of nitrogen functional groups attached to an aromatic ring is 4. The van der Waals surface area contributed by atoms with E-state index in [1.54, 1.807) is 13.8 Å². The molecule has 0 amide bonds. The molecular formula is C46H62N18O32P5-5. The van der Waals surface area contributed by atoms with E-state index < -0.39 is 210 Å². The highest BCUT2D eigenvalue weighted by molar-refractivity contribution is 7.65. The van der Waals surface area contributed by atoms with Crippen LogP contribution in [0.5, 0.6) is 0 Å². The maximum absolute atomic E-state index is 14.3. The van der Waals surface area contributed by atoms with Gasteiger partial charge in [-0.3, -0.25) is 65.9 Å². The summed E-state index contributed by atoms with van der Waals surface area (Å²) in [5.74, 6) is -1.45. The fourth-order valence-corrected chi connectivity index (χ4v) is 16.9. The molecule has 55 heteroatoms. The van der Waals surface area contributed by atoms with Crippen molar-refractivity contribution < 1.29 is 131 Å². The van der Waals surface area contributed by atoms with Crippen LogP contribution in [0.1, 0.15) is 32.5 Å². The van der Waals surface area contributed by atoms with Gasteiger partial charge in [-0.05, 0) is 19.9 Å². The van der Waals surface area contributed by atoms with Gasteiger partial charge in [0.15, 0.2) is 53.1 Å². The second kappa shape index (κ2) is 29.2. The van der Waals surface area contributed by atoms with Gasteiger partial charge in [-0.25, -0.2) is 23.4 Å². The standard InChI is InChI=1S/C46H67N18O32P5/c1-16(2)88-28-18(90-39(26(28)66)61-8-7-21(47)53-46(61)70)10-84-97(71,72)93-29-19(91-41(31(29)82-5)62-13-51-22-33(62)54-43(48)57-36(22)67)11-85-98(73,74)94-30-20(92-42(32(30)83-6)63-14-52-23-34(63)55-44(49)58-37(23)68)12-87-100(77,78)96-101(79,80)95-99(75,76)86-9-17-27(81-4)25(65)40(89-17)64-15-60(3)24-35(64)56-45(50)59-38(24)69/h7-8,13-14,16-20,25-32,39-42,65-66H,9-12,15H2,1-6H3,(H,71,72)(H,73,74)(H,75,76)(H,77,78)(H,79,80)(H2,47,53,70)(H3,48,54,57,67)(H3,49,55,58,68)(H3,50,56,59,69)/p-5/t17-,18-,19-,20-,25?,26+,27+,28?,29?,30?,31+,32+,39-,40-,41-,42-/m1/s1. The minimum absolute atomic E-state index is 0.0187. The fraction of sp³-hybridized carbons (Fsp3) is 0.609. The predicted octanol–water partition coefficient (Wildman–Crippen LogP) is -6.97. The van der Waals surface area contributed by atoms with Crippen molar-refractivity contribution in [3.63, 3.8) is 0 Å². The number of phosphoric acid groups is 5. The minimum Gasteiger partial charge on any atom is -0.756 e. The Hall–Kier alpha value is -6.51. The molecule has 0 bridgehead atoms. The first-order valence-corrected chi connectivity index (χ1v) is 36.5. The van der Waals surface area contributed by atoms with E-state index in [9.17, 15) is 76.7 Å². The summed E-state index contributed by atoms with van der Waals surface area (Å²) in [7, 11) is -26.8. The maximum atomic E-state index is 14.3. The molecule has 558 valence electrons. The third-order valence-corrected chi connectivity index (χ3v) is 21.8. The molecule has 21 atom stereocenters. The molecule has 13 N–H and O–H groups in total. The Morgan fingerprint density at radius 1 is 0.554 bits per heavy atom. The smallest absolute Gasteiger partial charge is 0.351 e. The van der Waals surface area contributed by atoms with E-state index in [4.69, 9.17) is 88.0 Å². The van der Waals surface area contributed by atoms with Crippen LogP contribution in [0.3, 0.4) is 0 Å². The fourth-order valence-electron chi connectivity index (χ4n) is 11.6. The predicted molar refractivity (Wildman–Crippen MR) is 322 cm³/mol. The summed E-state index contributed by atoms with van der Waals surface area (Å²) in [6.45, 7) is -2.02. The quantitative estimate of drug-likeness (QED) is 0.0197. The van der Waals surface area contributed by atoms with E-state index in [-0.39, 0.29) is 46.8 Å². The van der Waals surface area contributed by atoms with Gasteiger partial charge in [0.25, 0.3) is 55.8 Å². The molecule has 11 heterocycles. The van der Waals surface area contributed by atoms with E-state index in [0.717, 1.165) is 53.9 Å². The highest BCUT2D eigenvalue weighted by atomic mass is 31.3. The Kier molecular flexibility index (Phi) is 21.9. The van der Waals surface area contributed by atoms with Gasteiger partial charge in [-0.1, -0.05) is 0 Å². The topological polar surface area (TPSA) is 707 Å². The van der Waals surface area contributed by atoms with Crippen molar-refractivity contribution in [1.29, 1.82) is 0 Å². The molecule has 50 nitrogen and oxygen atoms in total. The first-order valence-electron chi connectivity index (χ1n) is 29.2. The second-order valence-electron chi connectivity index (χ2n) is 22.7. The molecule has 6 aromatic rings. The van der Waals surface area contributed by atoms with Gasteiger partial charge in [-0.15, -0.1) is 0 Å². The Bertz CT molecular complexity index is 4560. The van der Waals surface area contributed by atoms with E-state index >= 15 is 0 Å². The van der Waals surface area contributed by atoms with Gasteiger partial charge in [0.2, 0.25) is 17.8 Å². The SMILES string of the molecule is CO[C@@H]1C(O)[C@H](N2CN(C)c3c2nc(N)[nH]c3=O)O[C@@H]1COP(=O)([O-])OP(=O)([O-])OP(=O)([O-])OC[C@H]1O[C@@H](n2cnc3c(=O)[nH]c(N)nc32)[C@@H](OC)C1OP(=O)([O-])OC[C@H]1O[C@@H](n2cnc3c(=O)[nH]c(N)nc32)[C@@H](OC)C1OP(=O)([O-])OC[C@H]1O[C@@H](n2ccc(N)nc2=O)[C@@H](O)C1OC(C)C. The number of phosphoric ester groups is 4. The number of aromatic amines is 3. The third-order valence-electron chi connectivity index (χ3n) is 15.7. The Labute approximate surface area is 563 Å². The summed E-state index contributed by atoms with van der Waals surface area (Å²) in [4.78, 5) is 152. The van der Waals surface area contributed by atoms with Crippen LogP contribution < -0.4 is 79.6 Å². The normalized spacial score (nSPS) is 30.6. The molecule has 0 aromatic carbocycles. The van der Waals surface area contributed by atoms with Crippen LogP contribution >= 0.6 is 39.1 Å². The number of nitrogens with two attached hydrogens (primary N) is 4. The molecule has 4 fully saturated rings. The molecule has 5 aliphatic rings. The number of nitrogens with one attached hydrogen (secondary N) is 3. The lowest BCUT2D eigenvalue weighted by Gasteiger charge is -2.35.